The number of hydrogen-bond acceptors (Lipinski definition) is 3. The van der Waals surface area contributed by atoms with E-state index in [0.29, 0.717) is 11.4 Å². The lowest BCUT2D eigenvalue weighted by Gasteiger charge is -2.09. The number of carbonyl (C=O) groups is 2. The maximum absolute atomic E-state index is 13.5. The number of nitrogens with one attached hydrogen (secondary N) is 2. The van der Waals surface area contributed by atoms with Gasteiger partial charge in [-0.3, -0.25) is 10.1 Å². The van der Waals surface area contributed by atoms with Crippen molar-refractivity contribution in [1.82, 2.24) is 0 Å². The molecule has 5 nitrogen and oxygen atoms in total. The van der Waals surface area contributed by atoms with Crippen LogP contribution < -0.4 is 10.6 Å². The molecule has 2 aromatic rings. The number of halogens is 2. The van der Waals surface area contributed by atoms with Crippen molar-refractivity contribution < 1.29 is 23.1 Å². The first-order valence-corrected chi connectivity index (χ1v) is 6.80. The topological polar surface area (TPSA) is 67.4 Å². The first-order chi connectivity index (χ1) is 11.0. The lowest BCUT2D eigenvalue weighted by Crippen LogP contribution is -2.16. The molecule has 0 radical (unpaired) electrons. The van der Waals surface area contributed by atoms with Crippen molar-refractivity contribution in [2.75, 3.05) is 17.2 Å². The largest absolute Gasteiger partial charge is 0.450 e. The molecule has 0 saturated heterocycles. The van der Waals surface area contributed by atoms with Gasteiger partial charge < -0.3 is 10.1 Å². The molecule has 0 heterocycles. The Kier molecular flexibility index (Phi) is 5.24. The first-order valence-electron chi connectivity index (χ1n) is 6.80. The van der Waals surface area contributed by atoms with Gasteiger partial charge in [-0.2, -0.15) is 0 Å². The highest BCUT2D eigenvalue weighted by molar-refractivity contribution is 6.04. The highest BCUT2D eigenvalue weighted by atomic mass is 19.1. The Morgan fingerprint density at radius 3 is 2.00 bits per heavy atom. The lowest BCUT2D eigenvalue weighted by molar-refractivity contribution is 0.101. The van der Waals surface area contributed by atoms with Gasteiger partial charge >= 0.3 is 6.09 Å². The van der Waals surface area contributed by atoms with E-state index in [-0.39, 0.29) is 6.61 Å². The van der Waals surface area contributed by atoms with Gasteiger partial charge in [0.15, 0.2) is 0 Å². The predicted molar refractivity (Wildman–Crippen MR) is 81.4 cm³/mol. The van der Waals surface area contributed by atoms with Crippen LogP contribution in [0, 0.1) is 11.6 Å². The Morgan fingerprint density at radius 2 is 1.48 bits per heavy atom. The molecule has 0 unspecified atom stereocenters. The third-order valence-corrected chi connectivity index (χ3v) is 2.85. The summed E-state index contributed by atoms with van der Waals surface area (Å²) in [5.41, 5.74) is 0.131. The minimum atomic E-state index is -0.942. The van der Waals surface area contributed by atoms with Crippen LogP contribution in [0.15, 0.2) is 42.5 Å². The molecule has 0 bridgehead atoms. The highest BCUT2D eigenvalue weighted by Crippen LogP contribution is 2.17. The monoisotopic (exact) mass is 320 g/mol. The second kappa shape index (κ2) is 7.35. The third kappa shape index (κ3) is 4.26. The van der Waals surface area contributed by atoms with Crippen molar-refractivity contribution in [2.45, 2.75) is 6.92 Å². The molecule has 0 aromatic heterocycles. The fourth-order valence-electron chi connectivity index (χ4n) is 1.83. The Morgan fingerprint density at radius 1 is 0.957 bits per heavy atom. The second-order valence-electron chi connectivity index (χ2n) is 4.47. The van der Waals surface area contributed by atoms with E-state index in [1.165, 1.54) is 30.3 Å². The van der Waals surface area contributed by atoms with Crippen LogP contribution in [0.5, 0.6) is 0 Å². The fraction of sp³-hybridized carbons (Fsp3) is 0.125. The minimum Gasteiger partial charge on any atom is -0.450 e. The summed E-state index contributed by atoms with van der Waals surface area (Å²) in [7, 11) is 0. The van der Waals surface area contributed by atoms with Crippen LogP contribution in [0.1, 0.15) is 17.3 Å². The van der Waals surface area contributed by atoms with Crippen LogP contribution in [0.25, 0.3) is 0 Å². The molecule has 7 heteroatoms. The summed E-state index contributed by atoms with van der Waals surface area (Å²) in [4.78, 5) is 23.2. The van der Waals surface area contributed by atoms with Gasteiger partial charge in [-0.1, -0.05) is 6.07 Å². The van der Waals surface area contributed by atoms with Crippen molar-refractivity contribution in [3.63, 3.8) is 0 Å². The molecular weight excluding hydrogens is 306 g/mol. The van der Waals surface area contributed by atoms with E-state index in [0.717, 1.165) is 12.1 Å². The average molecular weight is 320 g/mol. The molecule has 2 amide bonds. The molecule has 0 atom stereocenters. The maximum atomic E-state index is 13.5. The van der Waals surface area contributed by atoms with E-state index >= 15 is 0 Å². The Bertz CT molecular complexity index is 698. The molecule has 120 valence electrons. The number of rotatable bonds is 4. The van der Waals surface area contributed by atoms with E-state index in [1.54, 1.807) is 6.92 Å². The molecule has 0 aliphatic rings. The Hall–Kier alpha value is -2.96. The summed E-state index contributed by atoms with van der Waals surface area (Å²) in [5.74, 6) is -2.78. The van der Waals surface area contributed by atoms with Crippen LogP contribution in [0.4, 0.5) is 25.0 Å². The second-order valence-corrected chi connectivity index (χ2v) is 4.47. The van der Waals surface area contributed by atoms with Crippen molar-refractivity contribution in [2.24, 2.45) is 0 Å². The predicted octanol–water partition coefficient (Wildman–Crippen LogP) is 3.79. The zero-order chi connectivity index (χ0) is 16.8. The maximum Gasteiger partial charge on any atom is 0.411 e. The van der Waals surface area contributed by atoms with Crippen molar-refractivity contribution >= 4 is 23.4 Å². The quantitative estimate of drug-likeness (QED) is 0.901. The summed E-state index contributed by atoms with van der Waals surface area (Å²) in [6.07, 6.45) is -0.599. The zero-order valence-corrected chi connectivity index (χ0v) is 12.2. The van der Waals surface area contributed by atoms with Gasteiger partial charge in [0.25, 0.3) is 5.91 Å². The van der Waals surface area contributed by atoms with E-state index in [2.05, 4.69) is 10.6 Å². The summed E-state index contributed by atoms with van der Waals surface area (Å²) >= 11 is 0. The van der Waals surface area contributed by atoms with E-state index in [4.69, 9.17) is 4.74 Å². The molecule has 23 heavy (non-hydrogen) atoms. The molecule has 0 aliphatic carbocycles. The number of benzene rings is 2. The van der Waals surface area contributed by atoms with Gasteiger partial charge in [0, 0.05) is 11.4 Å². The number of hydrogen-bond donors (Lipinski definition) is 2. The van der Waals surface area contributed by atoms with Crippen LogP contribution in [0.3, 0.4) is 0 Å². The Balaban J connectivity index is 2.06. The van der Waals surface area contributed by atoms with E-state index in [9.17, 15) is 18.4 Å². The highest BCUT2D eigenvalue weighted by Gasteiger charge is 2.17. The van der Waals surface area contributed by atoms with E-state index < -0.39 is 29.2 Å². The normalized spacial score (nSPS) is 10.0. The molecular formula is C16H14F2N2O3. The minimum absolute atomic E-state index is 0.244. The van der Waals surface area contributed by atoms with Gasteiger partial charge in [-0.15, -0.1) is 0 Å². The lowest BCUT2D eigenvalue weighted by atomic mass is 10.1. The van der Waals surface area contributed by atoms with Crippen molar-refractivity contribution in [1.29, 1.82) is 0 Å². The van der Waals surface area contributed by atoms with Gasteiger partial charge in [0.05, 0.1) is 6.61 Å². The summed E-state index contributed by atoms with van der Waals surface area (Å²) in [6.45, 7) is 1.92. The van der Waals surface area contributed by atoms with Gasteiger partial charge in [0.1, 0.15) is 17.2 Å². The number of amides is 2. The van der Waals surface area contributed by atoms with Crippen molar-refractivity contribution in [3.05, 3.63) is 59.7 Å². The molecule has 2 rings (SSSR count). The average Bonchev–Trinajstić information content (AvgIpc) is 2.49. The fourth-order valence-corrected chi connectivity index (χ4v) is 1.83. The molecule has 2 aromatic carbocycles. The molecule has 0 saturated carbocycles. The summed E-state index contributed by atoms with van der Waals surface area (Å²) < 4.78 is 31.8. The van der Waals surface area contributed by atoms with Gasteiger partial charge in [-0.25, -0.2) is 13.6 Å². The summed E-state index contributed by atoms with van der Waals surface area (Å²) in [6, 6.07) is 9.19. The van der Waals surface area contributed by atoms with Crippen LogP contribution in [0.2, 0.25) is 0 Å². The van der Waals surface area contributed by atoms with Gasteiger partial charge in [-0.05, 0) is 43.3 Å². The SMILES string of the molecule is CCOC(=O)Nc1ccc(NC(=O)c2c(F)cccc2F)cc1. The Labute approximate surface area is 131 Å². The summed E-state index contributed by atoms with van der Waals surface area (Å²) in [5, 5.41) is 4.86. The van der Waals surface area contributed by atoms with Gasteiger partial charge in [0.2, 0.25) is 0 Å². The smallest absolute Gasteiger partial charge is 0.411 e. The number of carbonyl (C=O) groups excluding carboxylic acids is 2. The van der Waals surface area contributed by atoms with Crippen LogP contribution in [-0.2, 0) is 4.74 Å². The van der Waals surface area contributed by atoms with Crippen LogP contribution >= 0.6 is 0 Å². The van der Waals surface area contributed by atoms with Crippen LogP contribution in [-0.4, -0.2) is 18.6 Å². The molecule has 2 N–H and O–H groups in total. The molecule has 0 spiro atoms. The van der Waals surface area contributed by atoms with E-state index in [1.807, 2.05) is 0 Å². The third-order valence-electron chi connectivity index (χ3n) is 2.85. The zero-order valence-electron chi connectivity index (χ0n) is 12.2. The molecule has 0 fully saturated rings. The van der Waals surface area contributed by atoms with Crippen molar-refractivity contribution in [3.8, 4) is 0 Å². The standard InChI is InChI=1S/C16H14F2N2O3/c1-2-23-16(22)20-11-8-6-10(7-9-11)19-15(21)14-12(17)4-3-5-13(14)18/h3-9H,2H2,1H3,(H,19,21)(H,20,22). The number of ether oxygens (including phenoxy) is 1. The molecule has 0 aliphatic heterocycles. The number of anilines is 2. The first kappa shape index (κ1) is 16.4.